The minimum absolute atomic E-state index is 0.00834. The molecule has 0 radical (unpaired) electrons. The van der Waals surface area contributed by atoms with Crippen molar-refractivity contribution in [3.63, 3.8) is 0 Å². The standard InChI is InChI=1S/C28H36N4O5/c1-36-25(35)27(13-7-3-8-14-27)18-22(33)28(15-9-4-10-16-28)37-19-21-17-23(34)32-26(29-21)30-24(31-32)20-11-5-2-6-12-20/h2,5-6,11-12,23,34H,3-4,7-10,13-19H2,1H3. The quantitative estimate of drug-likeness (QED) is 0.513. The first-order chi connectivity index (χ1) is 17.9. The second-order valence-corrected chi connectivity index (χ2v) is 10.7. The van der Waals surface area contributed by atoms with E-state index in [0.29, 0.717) is 43.2 Å². The molecule has 1 aromatic carbocycles. The lowest BCUT2D eigenvalue weighted by atomic mass is 9.67. The van der Waals surface area contributed by atoms with Gasteiger partial charge in [-0.15, -0.1) is 5.10 Å². The lowest BCUT2D eigenvalue weighted by Crippen LogP contribution is -2.48. The van der Waals surface area contributed by atoms with Gasteiger partial charge in [-0.1, -0.05) is 68.9 Å². The summed E-state index contributed by atoms with van der Waals surface area (Å²) >= 11 is 0. The normalized spacial score (nSPS) is 22.5. The molecule has 3 aliphatic rings. The Bertz CT molecular complexity index is 1150. The second kappa shape index (κ2) is 10.8. The van der Waals surface area contributed by atoms with Gasteiger partial charge in [0.1, 0.15) is 5.60 Å². The molecule has 37 heavy (non-hydrogen) atoms. The molecule has 9 heteroatoms. The number of aromatic nitrogens is 3. The third-order valence-corrected chi connectivity index (χ3v) is 8.22. The molecule has 9 nitrogen and oxygen atoms in total. The number of esters is 1. The van der Waals surface area contributed by atoms with Gasteiger partial charge in [-0.25, -0.2) is 9.67 Å². The van der Waals surface area contributed by atoms with Crippen LogP contribution >= 0.6 is 0 Å². The van der Waals surface area contributed by atoms with E-state index >= 15 is 0 Å². The van der Waals surface area contributed by atoms with Crippen LogP contribution in [0.5, 0.6) is 0 Å². The molecule has 2 heterocycles. The fraction of sp³-hybridized carbons (Fsp3) is 0.607. The fourth-order valence-electron chi connectivity index (χ4n) is 6.09. The van der Waals surface area contributed by atoms with Gasteiger partial charge in [0.25, 0.3) is 5.95 Å². The summed E-state index contributed by atoms with van der Waals surface area (Å²) in [4.78, 5) is 35.8. The van der Waals surface area contributed by atoms with Crippen molar-refractivity contribution in [3.05, 3.63) is 30.3 Å². The summed E-state index contributed by atoms with van der Waals surface area (Å²) < 4.78 is 13.0. The van der Waals surface area contributed by atoms with Gasteiger partial charge in [-0.05, 0) is 25.7 Å². The number of aliphatic imine (C=N–C) groups is 1. The van der Waals surface area contributed by atoms with Crippen LogP contribution in [0.2, 0.25) is 0 Å². The van der Waals surface area contributed by atoms with Gasteiger partial charge in [-0.3, -0.25) is 9.59 Å². The van der Waals surface area contributed by atoms with Crippen molar-refractivity contribution in [3.8, 4) is 11.4 Å². The maximum atomic E-state index is 13.9. The number of aliphatic hydroxyl groups excluding tert-OH is 1. The van der Waals surface area contributed by atoms with Gasteiger partial charge < -0.3 is 14.6 Å². The molecule has 1 unspecified atom stereocenters. The van der Waals surface area contributed by atoms with Gasteiger partial charge in [0.05, 0.1) is 24.8 Å². The molecule has 2 aliphatic carbocycles. The van der Waals surface area contributed by atoms with Crippen molar-refractivity contribution in [2.24, 2.45) is 10.4 Å². The van der Waals surface area contributed by atoms with Crippen molar-refractivity contribution in [1.82, 2.24) is 14.8 Å². The molecule has 0 saturated heterocycles. The Balaban J connectivity index is 1.34. The first-order valence-electron chi connectivity index (χ1n) is 13.5. The number of methoxy groups -OCH3 is 1. The Labute approximate surface area is 217 Å². The van der Waals surface area contributed by atoms with Gasteiger partial charge in [0.15, 0.2) is 17.8 Å². The highest BCUT2D eigenvalue weighted by atomic mass is 16.5. The summed E-state index contributed by atoms with van der Waals surface area (Å²) in [6, 6.07) is 9.56. The number of ether oxygens (including phenoxy) is 2. The molecule has 1 atom stereocenters. The summed E-state index contributed by atoms with van der Waals surface area (Å²) in [6.45, 7) is 0.127. The van der Waals surface area contributed by atoms with Crippen LogP contribution in [0.15, 0.2) is 35.3 Å². The van der Waals surface area contributed by atoms with E-state index in [-0.39, 0.29) is 31.2 Å². The number of carbonyl (C=O) groups is 2. The molecular weight excluding hydrogens is 472 g/mol. The average molecular weight is 509 g/mol. The molecule has 1 N–H and O–H groups in total. The lowest BCUT2D eigenvalue weighted by Gasteiger charge is -2.40. The minimum atomic E-state index is -0.940. The largest absolute Gasteiger partial charge is 0.469 e. The van der Waals surface area contributed by atoms with Crippen molar-refractivity contribution in [1.29, 1.82) is 0 Å². The zero-order valence-corrected chi connectivity index (χ0v) is 21.5. The third kappa shape index (κ3) is 5.25. The van der Waals surface area contributed by atoms with E-state index < -0.39 is 17.2 Å². The summed E-state index contributed by atoms with van der Waals surface area (Å²) in [5.41, 5.74) is -0.214. The number of carbonyl (C=O) groups excluding carboxylic acids is 2. The number of benzene rings is 1. The summed E-state index contributed by atoms with van der Waals surface area (Å²) in [7, 11) is 1.41. The maximum absolute atomic E-state index is 13.9. The summed E-state index contributed by atoms with van der Waals surface area (Å²) in [6.07, 6.45) is 7.93. The third-order valence-electron chi connectivity index (χ3n) is 8.22. The van der Waals surface area contributed by atoms with Crippen molar-refractivity contribution in [2.45, 2.75) is 88.9 Å². The van der Waals surface area contributed by atoms with Crippen LogP contribution in [-0.4, -0.2) is 56.7 Å². The van der Waals surface area contributed by atoms with Gasteiger partial charge in [0.2, 0.25) is 0 Å². The molecule has 0 bridgehead atoms. The molecule has 1 aliphatic heterocycles. The van der Waals surface area contributed by atoms with Crippen LogP contribution in [0.4, 0.5) is 5.95 Å². The number of fused-ring (bicyclic) bond motifs is 1. The van der Waals surface area contributed by atoms with Crippen molar-refractivity contribution in [2.75, 3.05) is 13.7 Å². The van der Waals surface area contributed by atoms with Crippen LogP contribution in [0.1, 0.15) is 83.3 Å². The SMILES string of the molecule is COC(=O)C1(CC(=O)C2(OCC3=Nc4nc(-c5ccccc5)nn4C(O)C3)CCCCC2)CCCCC1. The zero-order chi connectivity index (χ0) is 25.9. The lowest BCUT2D eigenvalue weighted by molar-refractivity contribution is -0.163. The van der Waals surface area contributed by atoms with E-state index in [1.165, 1.54) is 11.8 Å². The maximum Gasteiger partial charge on any atom is 0.312 e. The predicted molar refractivity (Wildman–Crippen MR) is 137 cm³/mol. The van der Waals surface area contributed by atoms with Gasteiger partial charge >= 0.3 is 5.97 Å². The molecule has 0 amide bonds. The number of rotatable bonds is 8. The predicted octanol–water partition coefficient (Wildman–Crippen LogP) is 4.71. The van der Waals surface area contributed by atoms with Crippen LogP contribution in [0, 0.1) is 5.41 Å². The fourth-order valence-corrected chi connectivity index (χ4v) is 6.09. The molecule has 1 aromatic heterocycles. The number of hydrogen-bond acceptors (Lipinski definition) is 8. The Hall–Kier alpha value is -2.91. The first kappa shape index (κ1) is 25.7. The first-order valence-corrected chi connectivity index (χ1v) is 13.5. The van der Waals surface area contributed by atoms with Gasteiger partial charge in [-0.2, -0.15) is 4.98 Å². The van der Waals surface area contributed by atoms with Crippen molar-refractivity contribution >= 4 is 23.4 Å². The van der Waals surface area contributed by atoms with E-state index in [9.17, 15) is 14.7 Å². The Morgan fingerprint density at radius 3 is 2.38 bits per heavy atom. The molecular formula is C28H36N4O5. The molecule has 5 rings (SSSR count). The Kier molecular flexibility index (Phi) is 7.53. The van der Waals surface area contributed by atoms with E-state index in [1.807, 2.05) is 30.3 Å². The van der Waals surface area contributed by atoms with Crippen LogP contribution in [0.3, 0.4) is 0 Å². The van der Waals surface area contributed by atoms with E-state index in [2.05, 4.69) is 15.1 Å². The Morgan fingerprint density at radius 2 is 1.70 bits per heavy atom. The van der Waals surface area contributed by atoms with Crippen LogP contribution < -0.4 is 0 Å². The summed E-state index contributed by atoms with van der Waals surface area (Å²) in [5.74, 6) is 0.540. The van der Waals surface area contributed by atoms with E-state index in [4.69, 9.17) is 9.47 Å². The highest BCUT2D eigenvalue weighted by Crippen LogP contribution is 2.44. The monoisotopic (exact) mass is 508 g/mol. The zero-order valence-electron chi connectivity index (χ0n) is 21.5. The topological polar surface area (TPSA) is 116 Å². The van der Waals surface area contributed by atoms with E-state index in [1.54, 1.807) is 0 Å². The summed E-state index contributed by atoms with van der Waals surface area (Å²) in [5, 5.41) is 15.2. The second-order valence-electron chi connectivity index (χ2n) is 10.7. The smallest absolute Gasteiger partial charge is 0.312 e. The number of nitrogens with zero attached hydrogens (tertiary/aromatic N) is 4. The highest BCUT2D eigenvalue weighted by molar-refractivity contribution is 5.93. The van der Waals surface area contributed by atoms with Gasteiger partial charge in [0, 0.05) is 18.4 Å². The van der Waals surface area contributed by atoms with Crippen LogP contribution in [0.25, 0.3) is 11.4 Å². The minimum Gasteiger partial charge on any atom is -0.469 e. The molecule has 2 saturated carbocycles. The highest BCUT2D eigenvalue weighted by Gasteiger charge is 2.48. The number of hydrogen-bond donors (Lipinski definition) is 1. The molecule has 2 fully saturated rings. The molecule has 2 aromatic rings. The van der Waals surface area contributed by atoms with Crippen LogP contribution in [-0.2, 0) is 19.1 Å². The number of ketones is 1. The van der Waals surface area contributed by atoms with E-state index in [0.717, 1.165) is 44.1 Å². The molecule has 0 spiro atoms. The number of aliphatic hydroxyl groups is 1. The number of Topliss-reactive ketones (excluding diaryl/α,β-unsaturated/α-hetero) is 1. The Morgan fingerprint density at radius 1 is 1.03 bits per heavy atom. The molecule has 198 valence electrons. The average Bonchev–Trinajstić information content (AvgIpc) is 3.38. The van der Waals surface area contributed by atoms with Crippen molar-refractivity contribution < 1.29 is 24.2 Å².